The second-order valence-corrected chi connectivity index (χ2v) is 8.38. The van der Waals surface area contributed by atoms with E-state index in [0.29, 0.717) is 6.42 Å². The molecule has 2 aliphatic heterocycles. The molecule has 0 amide bonds. The number of carbonyl (C=O) groups excluding carboxylic acids is 1. The van der Waals surface area contributed by atoms with E-state index in [-0.39, 0.29) is 5.78 Å². The number of nitrogens with zero attached hydrogens (tertiary/aromatic N) is 3. The van der Waals surface area contributed by atoms with Gasteiger partial charge in [0.25, 0.3) is 0 Å². The summed E-state index contributed by atoms with van der Waals surface area (Å²) in [5.74, 6) is 1.92. The van der Waals surface area contributed by atoms with Crippen LogP contribution in [0.25, 0.3) is 11.0 Å². The number of carbonyl (C=O) groups is 1. The average molecular weight is 387 g/mol. The Labute approximate surface area is 170 Å². The van der Waals surface area contributed by atoms with Crippen LogP contribution in [-0.2, 0) is 0 Å². The third-order valence-electron chi connectivity index (χ3n) is 6.47. The summed E-state index contributed by atoms with van der Waals surface area (Å²) >= 11 is 0. The maximum absolute atomic E-state index is 12.9. The van der Waals surface area contributed by atoms with Gasteiger partial charge in [0.1, 0.15) is 11.4 Å². The number of ether oxygens (including phenoxy) is 1. The van der Waals surface area contributed by atoms with Crippen LogP contribution >= 0.6 is 0 Å². The van der Waals surface area contributed by atoms with Crippen molar-refractivity contribution in [1.82, 2.24) is 9.97 Å². The summed E-state index contributed by atoms with van der Waals surface area (Å²) in [7, 11) is 0. The van der Waals surface area contributed by atoms with E-state index in [1.807, 2.05) is 50.2 Å². The molecule has 3 aromatic rings. The van der Waals surface area contributed by atoms with Crippen LogP contribution in [0.2, 0.25) is 0 Å². The molecule has 0 N–H and O–H groups in total. The lowest BCUT2D eigenvalue weighted by Crippen LogP contribution is -2.51. The van der Waals surface area contributed by atoms with E-state index in [0.717, 1.165) is 70.9 Å². The molecule has 5 rings (SSSR count). The Morgan fingerprint density at radius 3 is 2.38 bits per heavy atom. The summed E-state index contributed by atoms with van der Waals surface area (Å²) in [6, 6.07) is 11.9. The summed E-state index contributed by atoms with van der Waals surface area (Å²) < 4.78 is 6.54. The van der Waals surface area contributed by atoms with E-state index in [1.54, 1.807) is 0 Å². The molecule has 1 spiro atoms. The van der Waals surface area contributed by atoms with Crippen molar-refractivity contribution >= 4 is 22.6 Å². The standard InChI is InChI=1S/C24H25N3O2/c1-15-8-9-18-21(28)14-24(29-22(18)16(15)2)10-12-27(13-11-24)23-17(3)25-19-6-4-5-7-20(19)26-23/h4-9H,10-14H2,1-3H3. The summed E-state index contributed by atoms with van der Waals surface area (Å²) in [6.45, 7) is 7.74. The van der Waals surface area contributed by atoms with Gasteiger partial charge in [0, 0.05) is 25.9 Å². The van der Waals surface area contributed by atoms with E-state index < -0.39 is 5.60 Å². The van der Waals surface area contributed by atoms with Crippen LogP contribution in [0, 0.1) is 20.8 Å². The SMILES string of the molecule is Cc1ccc2c(c1C)OC1(CCN(c3nc4ccccc4nc3C)CC1)CC2=O. The third kappa shape index (κ3) is 2.96. The van der Waals surface area contributed by atoms with Gasteiger partial charge in [0.15, 0.2) is 11.6 Å². The largest absolute Gasteiger partial charge is 0.486 e. The molecule has 29 heavy (non-hydrogen) atoms. The lowest BCUT2D eigenvalue weighted by atomic mass is 9.81. The molecule has 3 heterocycles. The van der Waals surface area contributed by atoms with Gasteiger partial charge in [0.2, 0.25) is 0 Å². The van der Waals surface area contributed by atoms with Gasteiger partial charge in [-0.05, 0) is 50.1 Å². The number of aryl methyl sites for hydroxylation is 2. The number of fused-ring (bicyclic) bond motifs is 2. The highest BCUT2D eigenvalue weighted by molar-refractivity contribution is 6.01. The highest BCUT2D eigenvalue weighted by Crippen LogP contribution is 2.42. The Morgan fingerprint density at radius 1 is 0.966 bits per heavy atom. The van der Waals surface area contributed by atoms with Crippen molar-refractivity contribution in [2.45, 2.75) is 45.6 Å². The number of ketones is 1. The molecule has 0 unspecified atom stereocenters. The first-order chi connectivity index (χ1) is 14.0. The number of rotatable bonds is 1. The van der Waals surface area contributed by atoms with E-state index >= 15 is 0 Å². The smallest absolute Gasteiger partial charge is 0.170 e. The highest BCUT2D eigenvalue weighted by atomic mass is 16.5. The predicted octanol–water partition coefficient (Wildman–Crippen LogP) is 4.56. The molecule has 0 bridgehead atoms. The minimum Gasteiger partial charge on any atom is -0.486 e. The van der Waals surface area contributed by atoms with Gasteiger partial charge in [0.05, 0.1) is 28.7 Å². The Morgan fingerprint density at radius 2 is 1.66 bits per heavy atom. The van der Waals surface area contributed by atoms with Crippen molar-refractivity contribution in [2.24, 2.45) is 0 Å². The second-order valence-electron chi connectivity index (χ2n) is 8.38. The number of hydrogen-bond donors (Lipinski definition) is 0. The Balaban J connectivity index is 1.41. The first kappa shape index (κ1) is 18.1. The van der Waals surface area contributed by atoms with Gasteiger partial charge < -0.3 is 9.64 Å². The van der Waals surface area contributed by atoms with Gasteiger partial charge in [-0.25, -0.2) is 9.97 Å². The minimum absolute atomic E-state index is 0.199. The Bertz CT molecular complexity index is 1130. The predicted molar refractivity (Wildman–Crippen MR) is 114 cm³/mol. The van der Waals surface area contributed by atoms with Gasteiger partial charge in [-0.3, -0.25) is 4.79 Å². The van der Waals surface area contributed by atoms with Crippen molar-refractivity contribution in [1.29, 1.82) is 0 Å². The first-order valence-corrected chi connectivity index (χ1v) is 10.3. The zero-order valence-corrected chi connectivity index (χ0v) is 17.2. The lowest BCUT2D eigenvalue weighted by molar-refractivity contribution is 0.0224. The quantitative estimate of drug-likeness (QED) is 0.613. The lowest BCUT2D eigenvalue weighted by Gasteiger charge is -2.44. The van der Waals surface area contributed by atoms with Crippen LogP contribution in [0.15, 0.2) is 36.4 Å². The topological polar surface area (TPSA) is 55.3 Å². The zero-order valence-electron chi connectivity index (χ0n) is 17.2. The van der Waals surface area contributed by atoms with Gasteiger partial charge in [-0.15, -0.1) is 0 Å². The molecule has 5 nitrogen and oxygen atoms in total. The summed E-state index contributed by atoms with van der Waals surface area (Å²) in [5.41, 5.74) is 5.34. The van der Waals surface area contributed by atoms with Crippen molar-refractivity contribution in [3.63, 3.8) is 0 Å². The molecule has 0 radical (unpaired) electrons. The molecule has 0 atom stereocenters. The normalized spacial score (nSPS) is 18.0. The average Bonchev–Trinajstić information content (AvgIpc) is 2.71. The molecule has 1 aromatic heterocycles. The van der Waals surface area contributed by atoms with Crippen molar-refractivity contribution in [3.05, 3.63) is 58.8 Å². The third-order valence-corrected chi connectivity index (χ3v) is 6.47. The maximum atomic E-state index is 12.9. The van der Waals surface area contributed by atoms with Crippen molar-refractivity contribution in [2.75, 3.05) is 18.0 Å². The highest BCUT2D eigenvalue weighted by Gasteiger charge is 2.44. The summed E-state index contributed by atoms with van der Waals surface area (Å²) in [4.78, 5) is 24.7. The minimum atomic E-state index is -0.405. The van der Waals surface area contributed by atoms with Gasteiger partial charge >= 0.3 is 0 Å². The first-order valence-electron chi connectivity index (χ1n) is 10.3. The molecule has 2 aromatic carbocycles. The van der Waals surface area contributed by atoms with Crippen LogP contribution in [-0.4, -0.2) is 34.4 Å². The van der Waals surface area contributed by atoms with Crippen LogP contribution in [0.1, 0.15) is 46.4 Å². The fraction of sp³-hybridized carbons (Fsp3) is 0.375. The van der Waals surface area contributed by atoms with Gasteiger partial charge in [-0.2, -0.15) is 0 Å². The Hall–Kier alpha value is -2.95. The molecular weight excluding hydrogens is 362 g/mol. The molecular formula is C24H25N3O2. The number of aromatic nitrogens is 2. The summed E-state index contributed by atoms with van der Waals surface area (Å²) in [5, 5.41) is 0. The van der Waals surface area contributed by atoms with E-state index in [4.69, 9.17) is 14.7 Å². The Kier molecular flexibility index (Phi) is 4.09. The van der Waals surface area contributed by atoms with Crippen LogP contribution in [0.5, 0.6) is 5.75 Å². The van der Waals surface area contributed by atoms with Crippen LogP contribution in [0.4, 0.5) is 5.82 Å². The monoisotopic (exact) mass is 387 g/mol. The number of para-hydroxylation sites is 2. The van der Waals surface area contributed by atoms with Crippen LogP contribution < -0.4 is 9.64 Å². The fourth-order valence-electron chi connectivity index (χ4n) is 4.56. The molecule has 148 valence electrons. The zero-order chi connectivity index (χ0) is 20.2. The number of benzene rings is 2. The molecule has 2 aliphatic rings. The van der Waals surface area contributed by atoms with E-state index in [1.165, 1.54) is 0 Å². The molecule has 1 fully saturated rings. The fourth-order valence-corrected chi connectivity index (χ4v) is 4.56. The molecule has 5 heteroatoms. The number of hydrogen-bond acceptors (Lipinski definition) is 5. The molecule has 0 saturated carbocycles. The molecule has 1 saturated heterocycles. The number of anilines is 1. The number of Topliss-reactive ketones (excluding diaryl/α,β-unsaturated/α-hetero) is 1. The maximum Gasteiger partial charge on any atom is 0.170 e. The van der Waals surface area contributed by atoms with E-state index in [9.17, 15) is 4.79 Å². The van der Waals surface area contributed by atoms with Crippen molar-refractivity contribution in [3.8, 4) is 5.75 Å². The number of piperidine rings is 1. The molecule has 0 aliphatic carbocycles. The van der Waals surface area contributed by atoms with E-state index in [2.05, 4.69) is 11.8 Å². The second kappa shape index (κ2) is 6.55. The summed E-state index contributed by atoms with van der Waals surface area (Å²) in [6.07, 6.45) is 2.07. The van der Waals surface area contributed by atoms with Crippen molar-refractivity contribution < 1.29 is 9.53 Å². The van der Waals surface area contributed by atoms with Crippen LogP contribution in [0.3, 0.4) is 0 Å². The van der Waals surface area contributed by atoms with Gasteiger partial charge in [-0.1, -0.05) is 18.2 Å².